The molecule has 8 nitrogen and oxygen atoms in total. The smallest absolute Gasteiger partial charge is 0.261 e. The van der Waals surface area contributed by atoms with E-state index in [1.54, 1.807) is 48.5 Å². The van der Waals surface area contributed by atoms with Crippen LogP contribution in [0.25, 0.3) is 11.3 Å². The largest absolute Gasteiger partial charge is 0.457 e. The zero-order valence-corrected chi connectivity index (χ0v) is 19.8. The molecule has 0 unspecified atom stereocenters. The summed E-state index contributed by atoms with van der Waals surface area (Å²) in [6.45, 7) is 1.53. The first kappa shape index (κ1) is 23.4. The fraction of sp³-hybridized carbons (Fsp3) is 0.0833. The zero-order chi connectivity index (χ0) is 24.2. The summed E-state index contributed by atoms with van der Waals surface area (Å²) in [6.07, 6.45) is 0. The van der Waals surface area contributed by atoms with Crippen molar-refractivity contribution in [1.82, 2.24) is 10.2 Å². The lowest BCUT2D eigenvalue weighted by Crippen LogP contribution is -2.12. The van der Waals surface area contributed by atoms with Crippen LogP contribution in [-0.2, 0) is 19.9 Å². The Bertz CT molecular complexity index is 1490. The summed E-state index contributed by atoms with van der Waals surface area (Å²) in [5.41, 5.74) is 1.33. The third-order valence-corrected chi connectivity index (χ3v) is 7.87. The summed E-state index contributed by atoms with van der Waals surface area (Å²) in [4.78, 5) is 0.0761. The standard InChI is InChI=1S/C24H21N3O5S2/c1-2-33(28,29)24-16-15-23(25-26-24)18-7-6-8-19(17-18)27-34(30,31)22-13-11-21(12-14-22)32-20-9-4-3-5-10-20/h3-17,27H,2H2,1H3. The molecule has 0 aliphatic rings. The van der Waals surface area contributed by atoms with Gasteiger partial charge < -0.3 is 4.74 Å². The Kier molecular flexibility index (Phi) is 6.62. The van der Waals surface area contributed by atoms with Gasteiger partial charge in [-0.15, -0.1) is 10.2 Å². The highest BCUT2D eigenvalue weighted by Crippen LogP contribution is 2.26. The van der Waals surface area contributed by atoms with Crippen LogP contribution in [0.1, 0.15) is 6.92 Å². The number of ether oxygens (including phenoxy) is 1. The molecular weight excluding hydrogens is 474 g/mol. The number of anilines is 1. The highest BCUT2D eigenvalue weighted by Gasteiger charge is 2.16. The second-order valence-electron chi connectivity index (χ2n) is 7.23. The molecule has 0 spiro atoms. The Labute approximate surface area is 198 Å². The lowest BCUT2D eigenvalue weighted by molar-refractivity contribution is 0.482. The Morgan fingerprint density at radius 2 is 1.47 bits per heavy atom. The van der Waals surface area contributed by atoms with Crippen molar-refractivity contribution >= 4 is 25.5 Å². The van der Waals surface area contributed by atoms with Crippen LogP contribution in [0.15, 0.2) is 101 Å². The van der Waals surface area contributed by atoms with Gasteiger partial charge in [-0.2, -0.15) is 0 Å². The summed E-state index contributed by atoms with van der Waals surface area (Å²) in [5.74, 6) is 1.09. The maximum atomic E-state index is 12.9. The fourth-order valence-electron chi connectivity index (χ4n) is 3.06. The third kappa shape index (κ3) is 5.41. The number of sulfone groups is 1. The topological polar surface area (TPSA) is 115 Å². The van der Waals surface area contributed by atoms with E-state index < -0.39 is 19.9 Å². The number of nitrogens with zero attached hydrogens (tertiary/aromatic N) is 2. The summed E-state index contributed by atoms with van der Waals surface area (Å²) >= 11 is 0. The van der Waals surface area contributed by atoms with Gasteiger partial charge in [0.15, 0.2) is 14.9 Å². The Hall–Kier alpha value is -3.76. The van der Waals surface area contributed by atoms with E-state index in [-0.39, 0.29) is 15.7 Å². The van der Waals surface area contributed by atoms with Crippen molar-refractivity contribution in [1.29, 1.82) is 0 Å². The molecule has 0 amide bonds. The van der Waals surface area contributed by atoms with Crippen LogP contribution in [0, 0.1) is 0 Å². The quantitative estimate of drug-likeness (QED) is 0.382. The number of hydrogen-bond donors (Lipinski definition) is 1. The van der Waals surface area contributed by atoms with Crippen LogP contribution in [0.4, 0.5) is 5.69 Å². The molecule has 3 aromatic carbocycles. The number of para-hydroxylation sites is 1. The van der Waals surface area contributed by atoms with Crippen molar-refractivity contribution < 1.29 is 21.6 Å². The average molecular weight is 496 g/mol. The van der Waals surface area contributed by atoms with Crippen molar-refractivity contribution in [2.75, 3.05) is 10.5 Å². The number of aromatic nitrogens is 2. The predicted molar refractivity (Wildman–Crippen MR) is 129 cm³/mol. The molecule has 0 aliphatic heterocycles. The maximum Gasteiger partial charge on any atom is 0.261 e. The molecule has 174 valence electrons. The van der Waals surface area contributed by atoms with E-state index in [1.165, 1.54) is 31.2 Å². The zero-order valence-electron chi connectivity index (χ0n) is 18.1. The maximum absolute atomic E-state index is 12.9. The molecule has 1 heterocycles. The summed E-state index contributed by atoms with van der Waals surface area (Å²) in [7, 11) is -7.31. The molecule has 0 bridgehead atoms. The minimum Gasteiger partial charge on any atom is -0.457 e. The van der Waals surface area contributed by atoms with Crippen molar-refractivity contribution in [3.63, 3.8) is 0 Å². The summed E-state index contributed by atoms with van der Waals surface area (Å²) < 4.78 is 57.8. The third-order valence-electron chi connectivity index (χ3n) is 4.86. The van der Waals surface area contributed by atoms with Gasteiger partial charge in [0.05, 0.1) is 16.3 Å². The molecule has 1 N–H and O–H groups in total. The monoisotopic (exact) mass is 495 g/mol. The van der Waals surface area contributed by atoms with Crippen LogP contribution >= 0.6 is 0 Å². The van der Waals surface area contributed by atoms with Crippen LogP contribution in [-0.4, -0.2) is 32.8 Å². The summed E-state index contributed by atoms with van der Waals surface area (Å²) in [6, 6.07) is 24.8. The highest BCUT2D eigenvalue weighted by atomic mass is 32.2. The van der Waals surface area contributed by atoms with Crippen LogP contribution < -0.4 is 9.46 Å². The Morgan fingerprint density at radius 3 is 2.12 bits per heavy atom. The minimum absolute atomic E-state index is 0.0718. The lowest BCUT2D eigenvalue weighted by atomic mass is 10.1. The van der Waals surface area contributed by atoms with Gasteiger partial charge in [-0.3, -0.25) is 4.72 Å². The number of sulfonamides is 1. The fourth-order valence-corrected chi connectivity index (χ4v) is 4.84. The van der Waals surface area contributed by atoms with Gasteiger partial charge in [-0.1, -0.05) is 37.3 Å². The SMILES string of the molecule is CCS(=O)(=O)c1ccc(-c2cccc(NS(=O)(=O)c3ccc(Oc4ccccc4)cc3)c2)nn1. The van der Waals surface area contributed by atoms with E-state index in [4.69, 9.17) is 4.74 Å². The van der Waals surface area contributed by atoms with E-state index in [2.05, 4.69) is 14.9 Å². The van der Waals surface area contributed by atoms with Crippen molar-refractivity contribution in [3.8, 4) is 22.8 Å². The molecule has 1 aromatic heterocycles. The number of rotatable bonds is 8. The molecule has 4 aromatic rings. The molecular formula is C24H21N3O5S2. The lowest BCUT2D eigenvalue weighted by Gasteiger charge is -2.11. The second-order valence-corrected chi connectivity index (χ2v) is 11.1. The van der Waals surface area contributed by atoms with Gasteiger partial charge in [-0.05, 0) is 60.7 Å². The molecule has 0 fully saturated rings. The Balaban J connectivity index is 1.51. The van der Waals surface area contributed by atoms with E-state index in [1.807, 2.05) is 18.2 Å². The molecule has 4 rings (SSSR count). The van der Waals surface area contributed by atoms with Crippen LogP contribution in [0.3, 0.4) is 0 Å². The second kappa shape index (κ2) is 9.62. The number of hydrogen-bond acceptors (Lipinski definition) is 7. The van der Waals surface area contributed by atoms with Crippen LogP contribution in [0.2, 0.25) is 0 Å². The predicted octanol–water partition coefficient (Wildman–Crippen LogP) is 4.53. The van der Waals surface area contributed by atoms with E-state index in [0.717, 1.165) is 0 Å². The molecule has 10 heteroatoms. The minimum atomic E-state index is -3.85. The number of benzene rings is 3. The van der Waals surface area contributed by atoms with Gasteiger partial charge in [-0.25, -0.2) is 16.8 Å². The first-order chi connectivity index (χ1) is 16.3. The van der Waals surface area contributed by atoms with E-state index in [0.29, 0.717) is 28.4 Å². The molecule has 34 heavy (non-hydrogen) atoms. The molecule has 0 atom stereocenters. The normalized spacial score (nSPS) is 11.7. The van der Waals surface area contributed by atoms with Crippen molar-refractivity contribution in [2.24, 2.45) is 0 Å². The van der Waals surface area contributed by atoms with Gasteiger partial charge in [0.1, 0.15) is 11.5 Å². The highest BCUT2D eigenvalue weighted by molar-refractivity contribution is 7.92. The van der Waals surface area contributed by atoms with Crippen molar-refractivity contribution in [2.45, 2.75) is 16.8 Å². The van der Waals surface area contributed by atoms with Gasteiger partial charge in [0.2, 0.25) is 0 Å². The molecule has 0 aliphatic carbocycles. The van der Waals surface area contributed by atoms with Crippen molar-refractivity contribution in [3.05, 3.63) is 91.0 Å². The van der Waals surface area contributed by atoms with E-state index in [9.17, 15) is 16.8 Å². The Morgan fingerprint density at radius 1 is 0.765 bits per heavy atom. The first-order valence-electron chi connectivity index (χ1n) is 10.3. The van der Waals surface area contributed by atoms with E-state index >= 15 is 0 Å². The van der Waals surface area contributed by atoms with Gasteiger partial charge in [0.25, 0.3) is 10.0 Å². The molecule has 0 radical (unpaired) electrons. The number of nitrogens with one attached hydrogen (secondary N) is 1. The average Bonchev–Trinajstić information content (AvgIpc) is 2.85. The van der Waals surface area contributed by atoms with Gasteiger partial charge >= 0.3 is 0 Å². The summed E-state index contributed by atoms with van der Waals surface area (Å²) in [5, 5.41) is 7.68. The molecule has 0 saturated carbocycles. The molecule has 0 saturated heterocycles. The van der Waals surface area contributed by atoms with Crippen LogP contribution in [0.5, 0.6) is 11.5 Å². The first-order valence-corrected chi connectivity index (χ1v) is 13.4. The van der Waals surface area contributed by atoms with Gasteiger partial charge in [0, 0.05) is 11.3 Å².